The van der Waals surface area contributed by atoms with Crippen LogP contribution in [0.4, 0.5) is 0 Å². The van der Waals surface area contributed by atoms with Gasteiger partial charge in [0.2, 0.25) is 0 Å². The number of thioether (sulfide) groups is 1. The van der Waals surface area contributed by atoms with Gasteiger partial charge < -0.3 is 4.74 Å². The number of hydrogen-bond acceptors (Lipinski definition) is 3. The van der Waals surface area contributed by atoms with Crippen LogP contribution >= 0.6 is 11.8 Å². The van der Waals surface area contributed by atoms with E-state index in [1.807, 2.05) is 11.8 Å². The first-order valence-electron chi connectivity index (χ1n) is 7.82. The second-order valence-corrected chi connectivity index (χ2v) is 7.01. The zero-order valence-corrected chi connectivity index (χ0v) is 14.1. The van der Waals surface area contributed by atoms with Crippen LogP contribution in [-0.4, -0.2) is 30.9 Å². The number of nitrogens with zero attached hydrogens (tertiary/aromatic N) is 1. The first kappa shape index (κ1) is 15.4. The van der Waals surface area contributed by atoms with Crippen molar-refractivity contribution in [1.82, 2.24) is 4.90 Å². The molecule has 1 aliphatic heterocycles. The van der Waals surface area contributed by atoms with Gasteiger partial charge >= 0.3 is 0 Å². The molecule has 1 aromatic rings. The summed E-state index contributed by atoms with van der Waals surface area (Å²) in [5.41, 5.74) is 2.76. The number of fused-ring (bicyclic) bond motifs is 1. The Kier molecular flexibility index (Phi) is 5.06. The molecule has 3 rings (SSSR count). The van der Waals surface area contributed by atoms with Crippen molar-refractivity contribution in [3.63, 3.8) is 0 Å². The summed E-state index contributed by atoms with van der Waals surface area (Å²) in [4.78, 5) is 3.92. The van der Waals surface area contributed by atoms with Gasteiger partial charge in [0.1, 0.15) is 5.75 Å². The lowest BCUT2D eigenvalue weighted by atomic mass is 10.1. The topological polar surface area (TPSA) is 12.5 Å². The highest BCUT2D eigenvalue weighted by Crippen LogP contribution is 2.30. The van der Waals surface area contributed by atoms with Gasteiger partial charge in [-0.1, -0.05) is 37.3 Å². The van der Waals surface area contributed by atoms with Crippen LogP contribution in [0.2, 0.25) is 0 Å². The van der Waals surface area contributed by atoms with Gasteiger partial charge in [-0.15, -0.1) is 11.8 Å². The van der Waals surface area contributed by atoms with E-state index in [0.29, 0.717) is 5.92 Å². The molecule has 1 aromatic carbocycles. The van der Waals surface area contributed by atoms with E-state index in [-0.39, 0.29) is 0 Å². The number of benzene rings is 1. The molecule has 0 amide bonds. The highest BCUT2D eigenvalue weighted by atomic mass is 32.2. The van der Waals surface area contributed by atoms with E-state index in [1.54, 1.807) is 7.11 Å². The zero-order chi connectivity index (χ0) is 15.4. The Morgan fingerprint density at radius 3 is 3.09 bits per heavy atom. The summed E-state index contributed by atoms with van der Waals surface area (Å²) in [7, 11) is 1.73. The molecule has 1 aliphatic carbocycles. The smallest absolute Gasteiger partial charge is 0.119 e. The van der Waals surface area contributed by atoms with Gasteiger partial charge in [-0.05, 0) is 35.3 Å². The highest BCUT2D eigenvalue weighted by molar-refractivity contribution is 7.99. The van der Waals surface area contributed by atoms with Crippen LogP contribution in [0.1, 0.15) is 12.5 Å². The average Bonchev–Trinajstić information content (AvgIpc) is 2.85. The van der Waals surface area contributed by atoms with Gasteiger partial charge in [-0.2, -0.15) is 0 Å². The van der Waals surface area contributed by atoms with Crippen molar-refractivity contribution in [1.29, 1.82) is 0 Å². The number of hydrogen-bond donors (Lipinski definition) is 0. The Bertz CT molecular complexity index is 618. The van der Waals surface area contributed by atoms with Gasteiger partial charge in [0, 0.05) is 30.3 Å². The molecule has 0 fully saturated rings. The molecule has 0 N–H and O–H groups in total. The fraction of sp³-hybridized carbons (Fsp3) is 0.368. The quantitative estimate of drug-likeness (QED) is 0.826. The summed E-state index contributed by atoms with van der Waals surface area (Å²) < 4.78 is 5.38. The Morgan fingerprint density at radius 1 is 1.32 bits per heavy atom. The van der Waals surface area contributed by atoms with Crippen molar-refractivity contribution >= 4 is 11.8 Å². The molecule has 0 spiro atoms. The molecule has 0 bridgehead atoms. The molecule has 0 saturated carbocycles. The predicted molar refractivity (Wildman–Crippen MR) is 94.5 cm³/mol. The fourth-order valence-corrected chi connectivity index (χ4v) is 3.84. The maximum Gasteiger partial charge on any atom is 0.119 e. The first-order chi connectivity index (χ1) is 10.7. The molecule has 1 atom stereocenters. The maximum absolute atomic E-state index is 5.38. The van der Waals surface area contributed by atoms with Crippen LogP contribution in [0.25, 0.3) is 0 Å². The van der Waals surface area contributed by atoms with Gasteiger partial charge in [-0.3, -0.25) is 4.90 Å². The maximum atomic E-state index is 5.38. The molecule has 22 heavy (non-hydrogen) atoms. The summed E-state index contributed by atoms with van der Waals surface area (Å²) in [6.45, 7) is 5.33. The van der Waals surface area contributed by atoms with Gasteiger partial charge in [0.25, 0.3) is 0 Å². The van der Waals surface area contributed by atoms with E-state index in [0.717, 1.165) is 31.1 Å². The molecule has 0 saturated heterocycles. The Balaban J connectivity index is 1.74. The van der Waals surface area contributed by atoms with Crippen LogP contribution in [0, 0.1) is 5.92 Å². The summed E-state index contributed by atoms with van der Waals surface area (Å²) in [5, 5.41) is 0. The van der Waals surface area contributed by atoms with Crippen molar-refractivity contribution in [2.75, 3.05) is 26.0 Å². The minimum absolute atomic E-state index is 0.526. The van der Waals surface area contributed by atoms with E-state index in [1.165, 1.54) is 16.0 Å². The van der Waals surface area contributed by atoms with Crippen molar-refractivity contribution < 1.29 is 4.74 Å². The van der Waals surface area contributed by atoms with Crippen molar-refractivity contribution in [2.45, 2.75) is 18.4 Å². The van der Waals surface area contributed by atoms with Crippen LogP contribution in [0.3, 0.4) is 0 Å². The third-order valence-electron chi connectivity index (χ3n) is 4.07. The first-order valence-corrected chi connectivity index (χ1v) is 8.81. The third kappa shape index (κ3) is 3.84. The number of allylic oxidation sites excluding steroid dienone is 4. The van der Waals surface area contributed by atoms with Crippen LogP contribution in [0.15, 0.2) is 59.0 Å². The molecule has 116 valence electrons. The summed E-state index contributed by atoms with van der Waals surface area (Å²) >= 11 is 1.95. The molecule has 2 aliphatic rings. The monoisotopic (exact) mass is 313 g/mol. The SMILES string of the molecule is COc1ccc2c(c1)CN(CC1=CC=CC(C)C=C1)CCS2. The minimum Gasteiger partial charge on any atom is -0.497 e. The minimum atomic E-state index is 0.526. The summed E-state index contributed by atoms with van der Waals surface area (Å²) in [6, 6.07) is 6.43. The van der Waals surface area contributed by atoms with Crippen LogP contribution in [-0.2, 0) is 6.54 Å². The lowest BCUT2D eigenvalue weighted by molar-refractivity contribution is 0.308. The largest absolute Gasteiger partial charge is 0.497 e. The Labute approximate surface area is 137 Å². The molecule has 1 unspecified atom stereocenters. The lowest BCUT2D eigenvalue weighted by Crippen LogP contribution is -2.26. The highest BCUT2D eigenvalue weighted by Gasteiger charge is 2.16. The van der Waals surface area contributed by atoms with E-state index in [9.17, 15) is 0 Å². The van der Waals surface area contributed by atoms with Crippen LogP contribution in [0.5, 0.6) is 5.75 Å². The van der Waals surface area contributed by atoms with Gasteiger partial charge in [0.05, 0.1) is 7.11 Å². The molecule has 1 heterocycles. The lowest BCUT2D eigenvalue weighted by Gasteiger charge is -2.20. The van der Waals surface area contributed by atoms with Crippen LogP contribution < -0.4 is 4.74 Å². The van der Waals surface area contributed by atoms with Gasteiger partial charge in [0.15, 0.2) is 0 Å². The zero-order valence-electron chi connectivity index (χ0n) is 13.3. The number of methoxy groups -OCH3 is 1. The Hall–Kier alpha value is -1.45. The van der Waals surface area contributed by atoms with E-state index in [4.69, 9.17) is 4.74 Å². The Morgan fingerprint density at radius 2 is 2.23 bits per heavy atom. The molecule has 2 nitrogen and oxygen atoms in total. The third-order valence-corrected chi connectivity index (χ3v) is 5.17. The van der Waals surface area contributed by atoms with E-state index < -0.39 is 0 Å². The summed E-state index contributed by atoms with van der Waals surface area (Å²) in [5.74, 6) is 2.62. The number of ether oxygens (including phenoxy) is 1. The second kappa shape index (κ2) is 7.21. The second-order valence-electron chi connectivity index (χ2n) is 5.88. The normalized spacial score (nSPS) is 21.7. The summed E-state index contributed by atoms with van der Waals surface area (Å²) in [6.07, 6.45) is 11.2. The van der Waals surface area contributed by atoms with Crippen molar-refractivity contribution in [3.05, 3.63) is 59.7 Å². The molecule has 0 aromatic heterocycles. The average molecular weight is 313 g/mol. The molecular weight excluding hydrogens is 290 g/mol. The molecule has 0 radical (unpaired) electrons. The van der Waals surface area contributed by atoms with Crippen molar-refractivity contribution in [2.24, 2.45) is 5.92 Å². The van der Waals surface area contributed by atoms with Crippen molar-refractivity contribution in [3.8, 4) is 5.75 Å². The number of rotatable bonds is 3. The molecule has 3 heteroatoms. The molecular formula is C19H23NOS. The van der Waals surface area contributed by atoms with Gasteiger partial charge in [-0.25, -0.2) is 0 Å². The fourth-order valence-electron chi connectivity index (χ4n) is 2.80. The standard InChI is InChI=1S/C19H23NOS/c1-15-4-3-5-16(7-6-15)13-20-10-11-22-19-9-8-18(21-2)12-17(19)14-20/h3-9,12,15H,10-11,13-14H2,1-2H3. The predicted octanol–water partition coefficient (Wildman–Crippen LogP) is 4.29. The van der Waals surface area contributed by atoms with E-state index in [2.05, 4.69) is 60.4 Å². The van der Waals surface area contributed by atoms with E-state index >= 15 is 0 Å².